The second kappa shape index (κ2) is 4.17. The number of benzene rings is 1. The molecule has 0 aliphatic heterocycles. The molecule has 1 aromatic carbocycles. The molecule has 16 heavy (non-hydrogen) atoms. The number of nitriles is 1. The van der Waals surface area contributed by atoms with Gasteiger partial charge in [0.15, 0.2) is 0 Å². The highest BCUT2D eigenvalue weighted by Crippen LogP contribution is 2.22. The standard InChI is InChI=1S/C11H7ClN4/c12-11-15-4-3-10(16-11)7-1-2-9(14)8(5-7)6-13/h1-5H,14H2. The minimum atomic E-state index is 0.174. The molecule has 2 aromatic rings. The third kappa shape index (κ3) is 1.95. The van der Waals surface area contributed by atoms with Gasteiger partial charge in [-0.15, -0.1) is 0 Å². The zero-order chi connectivity index (χ0) is 11.5. The van der Waals surface area contributed by atoms with E-state index in [4.69, 9.17) is 22.6 Å². The molecular weight excluding hydrogens is 224 g/mol. The van der Waals surface area contributed by atoms with E-state index in [1.165, 1.54) is 0 Å². The Morgan fingerprint density at radius 2 is 2.12 bits per heavy atom. The van der Waals surface area contributed by atoms with E-state index in [0.29, 0.717) is 16.9 Å². The zero-order valence-corrected chi connectivity index (χ0v) is 8.94. The first-order valence-electron chi connectivity index (χ1n) is 4.49. The normalized spacial score (nSPS) is 9.75. The Hall–Kier alpha value is -2.12. The van der Waals surface area contributed by atoms with Crippen molar-refractivity contribution in [2.45, 2.75) is 0 Å². The van der Waals surface area contributed by atoms with Crippen LogP contribution >= 0.6 is 11.6 Å². The van der Waals surface area contributed by atoms with E-state index < -0.39 is 0 Å². The number of hydrogen-bond acceptors (Lipinski definition) is 4. The summed E-state index contributed by atoms with van der Waals surface area (Å²) in [6.07, 6.45) is 1.56. The lowest BCUT2D eigenvalue weighted by atomic mass is 10.1. The largest absolute Gasteiger partial charge is 0.398 e. The molecule has 4 nitrogen and oxygen atoms in total. The molecule has 1 aromatic heterocycles. The van der Waals surface area contributed by atoms with Gasteiger partial charge in [0.05, 0.1) is 11.3 Å². The van der Waals surface area contributed by atoms with Crippen molar-refractivity contribution in [2.75, 3.05) is 5.73 Å². The Labute approximate surface area is 97.3 Å². The molecule has 5 heteroatoms. The van der Waals surface area contributed by atoms with Crippen LogP contribution in [-0.4, -0.2) is 9.97 Å². The van der Waals surface area contributed by atoms with Gasteiger partial charge in [0, 0.05) is 17.4 Å². The summed E-state index contributed by atoms with van der Waals surface area (Å²) < 4.78 is 0. The molecule has 1 heterocycles. The topological polar surface area (TPSA) is 75.6 Å². The van der Waals surface area contributed by atoms with Crippen LogP contribution in [0.5, 0.6) is 0 Å². The Balaban J connectivity index is 2.54. The molecule has 0 radical (unpaired) electrons. The van der Waals surface area contributed by atoms with Gasteiger partial charge in [-0.1, -0.05) is 6.07 Å². The van der Waals surface area contributed by atoms with Crippen molar-refractivity contribution in [3.05, 3.63) is 41.3 Å². The summed E-state index contributed by atoms with van der Waals surface area (Å²) in [6, 6.07) is 8.87. The molecule has 0 saturated carbocycles. The van der Waals surface area contributed by atoms with Crippen LogP contribution in [0.2, 0.25) is 5.28 Å². The smallest absolute Gasteiger partial charge is 0.222 e. The van der Waals surface area contributed by atoms with Gasteiger partial charge in [-0.3, -0.25) is 0 Å². The van der Waals surface area contributed by atoms with E-state index in [9.17, 15) is 0 Å². The van der Waals surface area contributed by atoms with Crippen LogP contribution in [0.1, 0.15) is 5.56 Å². The molecule has 0 atom stereocenters. The predicted molar refractivity (Wildman–Crippen MR) is 61.6 cm³/mol. The summed E-state index contributed by atoms with van der Waals surface area (Å²) in [4.78, 5) is 7.84. The van der Waals surface area contributed by atoms with Gasteiger partial charge in [-0.25, -0.2) is 9.97 Å². The highest BCUT2D eigenvalue weighted by Gasteiger charge is 2.04. The van der Waals surface area contributed by atoms with Crippen LogP contribution in [-0.2, 0) is 0 Å². The molecule has 0 bridgehead atoms. The maximum absolute atomic E-state index is 8.86. The number of rotatable bonds is 1. The van der Waals surface area contributed by atoms with Crippen molar-refractivity contribution in [1.29, 1.82) is 5.26 Å². The third-order valence-corrected chi connectivity index (χ3v) is 2.28. The number of nitrogens with two attached hydrogens (primary N) is 1. The highest BCUT2D eigenvalue weighted by atomic mass is 35.5. The van der Waals surface area contributed by atoms with E-state index in [-0.39, 0.29) is 5.28 Å². The number of halogens is 1. The minimum Gasteiger partial charge on any atom is -0.398 e. The Morgan fingerprint density at radius 1 is 1.31 bits per heavy atom. The Morgan fingerprint density at radius 3 is 2.81 bits per heavy atom. The molecule has 0 spiro atoms. The second-order valence-electron chi connectivity index (χ2n) is 3.12. The number of aromatic nitrogens is 2. The van der Waals surface area contributed by atoms with Crippen molar-refractivity contribution in [1.82, 2.24) is 9.97 Å². The van der Waals surface area contributed by atoms with E-state index in [1.54, 1.807) is 30.5 Å². The van der Waals surface area contributed by atoms with Gasteiger partial charge in [0.2, 0.25) is 5.28 Å². The van der Waals surface area contributed by atoms with E-state index >= 15 is 0 Å². The second-order valence-corrected chi connectivity index (χ2v) is 3.46. The molecule has 0 aliphatic carbocycles. The Bertz CT molecular complexity index is 574. The number of nitrogens with zero attached hydrogens (tertiary/aromatic N) is 3. The summed E-state index contributed by atoms with van der Waals surface area (Å²) in [6.45, 7) is 0. The van der Waals surface area contributed by atoms with Crippen LogP contribution in [0.4, 0.5) is 5.69 Å². The molecule has 0 unspecified atom stereocenters. The van der Waals surface area contributed by atoms with E-state index in [2.05, 4.69) is 9.97 Å². The molecule has 2 N–H and O–H groups in total. The first-order valence-corrected chi connectivity index (χ1v) is 4.87. The zero-order valence-electron chi connectivity index (χ0n) is 8.18. The third-order valence-electron chi connectivity index (χ3n) is 2.10. The maximum atomic E-state index is 8.86. The minimum absolute atomic E-state index is 0.174. The lowest BCUT2D eigenvalue weighted by Gasteiger charge is -2.03. The summed E-state index contributed by atoms with van der Waals surface area (Å²) in [5.41, 5.74) is 7.95. The lowest BCUT2D eigenvalue weighted by Crippen LogP contribution is -1.92. The average Bonchev–Trinajstić information content (AvgIpc) is 2.29. The molecule has 2 rings (SSSR count). The predicted octanol–water partition coefficient (Wildman–Crippen LogP) is 2.25. The van der Waals surface area contributed by atoms with E-state index in [1.807, 2.05) is 6.07 Å². The van der Waals surface area contributed by atoms with Crippen molar-refractivity contribution in [3.8, 4) is 17.3 Å². The maximum Gasteiger partial charge on any atom is 0.222 e. The fourth-order valence-electron chi connectivity index (χ4n) is 1.31. The summed E-state index contributed by atoms with van der Waals surface area (Å²) >= 11 is 5.69. The molecule has 0 saturated heterocycles. The van der Waals surface area contributed by atoms with Gasteiger partial charge in [0.1, 0.15) is 6.07 Å². The molecule has 78 valence electrons. The van der Waals surface area contributed by atoms with Crippen molar-refractivity contribution < 1.29 is 0 Å². The van der Waals surface area contributed by atoms with Crippen LogP contribution in [0, 0.1) is 11.3 Å². The van der Waals surface area contributed by atoms with Crippen LogP contribution in [0.3, 0.4) is 0 Å². The lowest BCUT2D eigenvalue weighted by molar-refractivity contribution is 1.17. The summed E-state index contributed by atoms with van der Waals surface area (Å²) in [5, 5.41) is 9.03. The first-order chi connectivity index (χ1) is 7.70. The fraction of sp³-hybridized carbons (Fsp3) is 0. The van der Waals surface area contributed by atoms with Crippen LogP contribution in [0.25, 0.3) is 11.3 Å². The summed E-state index contributed by atoms with van der Waals surface area (Å²) in [5.74, 6) is 0. The van der Waals surface area contributed by atoms with Gasteiger partial charge in [-0.05, 0) is 29.8 Å². The van der Waals surface area contributed by atoms with Gasteiger partial charge >= 0.3 is 0 Å². The van der Waals surface area contributed by atoms with Crippen molar-refractivity contribution in [2.24, 2.45) is 0 Å². The van der Waals surface area contributed by atoms with Crippen LogP contribution in [0.15, 0.2) is 30.5 Å². The SMILES string of the molecule is N#Cc1cc(-c2ccnc(Cl)n2)ccc1N. The Kier molecular flexibility index (Phi) is 2.71. The monoisotopic (exact) mass is 230 g/mol. The van der Waals surface area contributed by atoms with Crippen molar-refractivity contribution in [3.63, 3.8) is 0 Å². The highest BCUT2D eigenvalue weighted by molar-refractivity contribution is 6.28. The van der Waals surface area contributed by atoms with Crippen molar-refractivity contribution >= 4 is 17.3 Å². The van der Waals surface area contributed by atoms with E-state index in [0.717, 1.165) is 5.56 Å². The average molecular weight is 231 g/mol. The molecular formula is C11H7ClN4. The summed E-state index contributed by atoms with van der Waals surface area (Å²) in [7, 11) is 0. The molecule has 0 amide bonds. The number of anilines is 1. The molecule has 0 fully saturated rings. The number of nitrogen functional groups attached to an aromatic ring is 1. The number of hydrogen-bond donors (Lipinski definition) is 1. The molecule has 0 aliphatic rings. The first kappa shape index (κ1) is 10.4. The van der Waals surface area contributed by atoms with Gasteiger partial charge < -0.3 is 5.73 Å². The van der Waals surface area contributed by atoms with Gasteiger partial charge in [-0.2, -0.15) is 5.26 Å². The fourth-order valence-corrected chi connectivity index (χ4v) is 1.46. The quantitative estimate of drug-likeness (QED) is 0.602. The van der Waals surface area contributed by atoms with Gasteiger partial charge in [0.25, 0.3) is 0 Å². The van der Waals surface area contributed by atoms with Crippen LogP contribution < -0.4 is 5.73 Å².